The molecule has 0 saturated heterocycles. The Balaban J connectivity index is 2.46. The average Bonchev–Trinajstić information content (AvgIpc) is 2.60. The molecule has 0 aromatic carbocycles. The molecule has 1 saturated carbocycles. The van der Waals surface area contributed by atoms with E-state index in [4.69, 9.17) is 5.26 Å². The minimum atomic E-state index is -0.779. The van der Waals surface area contributed by atoms with Crippen LogP contribution in [0.15, 0.2) is 11.4 Å². The first-order chi connectivity index (χ1) is 6.94. The zero-order chi connectivity index (χ0) is 11.3. The van der Waals surface area contributed by atoms with E-state index in [1.54, 1.807) is 11.4 Å². The highest BCUT2D eigenvalue weighted by Gasteiger charge is 2.68. The molecule has 1 atom stereocenters. The van der Waals surface area contributed by atoms with Gasteiger partial charge in [0.25, 0.3) is 0 Å². The quantitative estimate of drug-likeness (QED) is 0.834. The zero-order valence-electron chi connectivity index (χ0n) is 8.57. The lowest BCUT2D eigenvalue weighted by atomic mass is 9.94. The summed E-state index contributed by atoms with van der Waals surface area (Å²) in [5, 5.41) is 19.7. The minimum absolute atomic E-state index is 0.198. The SMILES string of the molecule is CC1(C)CC1(C(=O)O)c1cc(C#N)cs1. The van der Waals surface area contributed by atoms with Crippen LogP contribution < -0.4 is 0 Å². The first-order valence-electron chi connectivity index (χ1n) is 4.66. The molecular formula is C11H11NO2S. The Bertz CT molecular complexity index is 469. The van der Waals surface area contributed by atoms with E-state index in [1.807, 2.05) is 19.9 Å². The summed E-state index contributed by atoms with van der Waals surface area (Å²) in [6, 6.07) is 3.73. The van der Waals surface area contributed by atoms with Crippen molar-refractivity contribution in [2.24, 2.45) is 5.41 Å². The van der Waals surface area contributed by atoms with E-state index in [9.17, 15) is 9.90 Å². The van der Waals surface area contributed by atoms with Gasteiger partial charge in [0, 0.05) is 10.3 Å². The van der Waals surface area contributed by atoms with Crippen LogP contribution in [-0.2, 0) is 10.2 Å². The Morgan fingerprint density at radius 1 is 1.67 bits per heavy atom. The number of carboxylic acid groups (broad SMARTS) is 1. The third-order valence-corrected chi connectivity index (χ3v) is 4.34. The van der Waals surface area contributed by atoms with E-state index in [-0.39, 0.29) is 5.41 Å². The van der Waals surface area contributed by atoms with Crippen molar-refractivity contribution in [3.8, 4) is 6.07 Å². The Kier molecular flexibility index (Phi) is 1.92. The summed E-state index contributed by atoms with van der Waals surface area (Å²) < 4.78 is 0. The molecule has 0 radical (unpaired) electrons. The lowest BCUT2D eigenvalue weighted by molar-refractivity contribution is -0.140. The molecule has 1 fully saturated rings. The molecule has 4 heteroatoms. The van der Waals surface area contributed by atoms with Crippen molar-refractivity contribution in [3.63, 3.8) is 0 Å². The third kappa shape index (κ3) is 1.20. The first-order valence-corrected chi connectivity index (χ1v) is 5.54. The van der Waals surface area contributed by atoms with Gasteiger partial charge >= 0.3 is 5.97 Å². The highest BCUT2D eigenvalue weighted by atomic mass is 32.1. The molecule has 1 aliphatic carbocycles. The van der Waals surface area contributed by atoms with E-state index in [2.05, 4.69) is 0 Å². The monoisotopic (exact) mass is 221 g/mol. The Labute approximate surface area is 92.0 Å². The Morgan fingerprint density at radius 2 is 2.27 bits per heavy atom. The molecule has 0 spiro atoms. The van der Waals surface area contributed by atoms with Crippen LogP contribution in [0.4, 0.5) is 0 Å². The number of carboxylic acids is 1. The molecule has 1 N–H and O–H groups in total. The molecule has 1 aromatic heterocycles. The summed E-state index contributed by atoms with van der Waals surface area (Å²) in [5.74, 6) is -0.779. The topological polar surface area (TPSA) is 61.1 Å². The van der Waals surface area contributed by atoms with Gasteiger partial charge in [-0.2, -0.15) is 5.26 Å². The number of hydrogen-bond donors (Lipinski definition) is 1. The molecular weight excluding hydrogens is 210 g/mol. The summed E-state index contributed by atoms with van der Waals surface area (Å²) in [6.07, 6.45) is 0.653. The summed E-state index contributed by atoms with van der Waals surface area (Å²) in [7, 11) is 0. The van der Waals surface area contributed by atoms with Crippen LogP contribution in [0.3, 0.4) is 0 Å². The van der Waals surface area contributed by atoms with E-state index >= 15 is 0 Å². The van der Waals surface area contributed by atoms with Crippen molar-refractivity contribution < 1.29 is 9.90 Å². The van der Waals surface area contributed by atoms with Gasteiger partial charge in [0.15, 0.2) is 0 Å². The van der Waals surface area contributed by atoms with E-state index in [0.717, 1.165) is 4.88 Å². The summed E-state index contributed by atoms with van der Waals surface area (Å²) in [5.41, 5.74) is -0.401. The smallest absolute Gasteiger partial charge is 0.315 e. The van der Waals surface area contributed by atoms with Crippen LogP contribution in [0.1, 0.15) is 30.7 Å². The molecule has 1 heterocycles. The number of nitriles is 1. The highest BCUT2D eigenvalue weighted by molar-refractivity contribution is 7.10. The molecule has 1 aromatic rings. The second kappa shape index (κ2) is 2.83. The van der Waals surface area contributed by atoms with Gasteiger partial charge in [-0.3, -0.25) is 4.79 Å². The minimum Gasteiger partial charge on any atom is -0.481 e. The fraction of sp³-hybridized carbons (Fsp3) is 0.455. The number of thiophene rings is 1. The molecule has 1 unspecified atom stereocenters. The predicted octanol–water partition coefficient (Wildman–Crippen LogP) is 2.37. The molecule has 15 heavy (non-hydrogen) atoms. The molecule has 78 valence electrons. The van der Waals surface area contributed by atoms with Gasteiger partial charge in [-0.25, -0.2) is 0 Å². The van der Waals surface area contributed by atoms with Gasteiger partial charge < -0.3 is 5.11 Å². The summed E-state index contributed by atoms with van der Waals surface area (Å²) in [4.78, 5) is 12.1. The number of carbonyl (C=O) groups is 1. The molecule has 3 nitrogen and oxygen atoms in total. The van der Waals surface area contributed by atoms with Gasteiger partial charge in [-0.05, 0) is 17.9 Å². The fourth-order valence-electron chi connectivity index (χ4n) is 2.13. The molecule has 1 aliphatic rings. The normalized spacial score (nSPS) is 27.0. The summed E-state index contributed by atoms with van der Waals surface area (Å²) >= 11 is 1.37. The maximum atomic E-state index is 11.3. The van der Waals surface area contributed by atoms with Crippen molar-refractivity contribution in [2.45, 2.75) is 25.7 Å². The van der Waals surface area contributed by atoms with Gasteiger partial charge in [-0.1, -0.05) is 13.8 Å². The van der Waals surface area contributed by atoms with Crippen LogP contribution in [-0.4, -0.2) is 11.1 Å². The van der Waals surface area contributed by atoms with Crippen LogP contribution in [0, 0.1) is 16.7 Å². The van der Waals surface area contributed by atoms with Crippen molar-refractivity contribution in [2.75, 3.05) is 0 Å². The fourth-order valence-corrected chi connectivity index (χ4v) is 3.34. The highest BCUT2D eigenvalue weighted by Crippen LogP contribution is 2.65. The average molecular weight is 221 g/mol. The van der Waals surface area contributed by atoms with Crippen LogP contribution >= 0.6 is 11.3 Å². The van der Waals surface area contributed by atoms with E-state index < -0.39 is 11.4 Å². The predicted molar refractivity (Wildman–Crippen MR) is 56.7 cm³/mol. The summed E-state index contributed by atoms with van der Waals surface area (Å²) in [6.45, 7) is 3.90. The van der Waals surface area contributed by atoms with Crippen molar-refractivity contribution in [1.82, 2.24) is 0 Å². The molecule has 2 rings (SSSR count). The maximum Gasteiger partial charge on any atom is 0.315 e. The Morgan fingerprint density at radius 3 is 2.60 bits per heavy atom. The second-order valence-corrected chi connectivity index (χ2v) is 5.49. The number of rotatable bonds is 2. The first kappa shape index (κ1) is 10.2. The number of nitrogens with zero attached hydrogens (tertiary/aromatic N) is 1. The van der Waals surface area contributed by atoms with Gasteiger partial charge in [0.2, 0.25) is 0 Å². The zero-order valence-corrected chi connectivity index (χ0v) is 9.39. The van der Waals surface area contributed by atoms with Crippen LogP contribution in [0.5, 0.6) is 0 Å². The standard InChI is InChI=1S/C11H11NO2S/c1-10(2)6-11(10,9(13)14)8-3-7(4-12)5-15-8/h3,5H,6H2,1-2H3,(H,13,14). The van der Waals surface area contributed by atoms with Crippen LogP contribution in [0.2, 0.25) is 0 Å². The lowest BCUT2D eigenvalue weighted by Gasteiger charge is -2.13. The van der Waals surface area contributed by atoms with E-state index in [1.165, 1.54) is 11.3 Å². The van der Waals surface area contributed by atoms with Gasteiger partial charge in [0.1, 0.15) is 11.5 Å². The van der Waals surface area contributed by atoms with Crippen LogP contribution in [0.25, 0.3) is 0 Å². The van der Waals surface area contributed by atoms with E-state index in [0.29, 0.717) is 12.0 Å². The van der Waals surface area contributed by atoms with Gasteiger partial charge in [-0.15, -0.1) is 11.3 Å². The number of aliphatic carboxylic acids is 1. The second-order valence-electron chi connectivity index (χ2n) is 4.58. The number of hydrogen-bond acceptors (Lipinski definition) is 3. The maximum absolute atomic E-state index is 11.3. The molecule has 0 bridgehead atoms. The molecule has 0 aliphatic heterocycles. The lowest BCUT2D eigenvalue weighted by Crippen LogP contribution is -2.24. The Hall–Kier alpha value is -1.34. The van der Waals surface area contributed by atoms with Crippen molar-refractivity contribution in [3.05, 3.63) is 21.9 Å². The largest absolute Gasteiger partial charge is 0.481 e. The van der Waals surface area contributed by atoms with Gasteiger partial charge in [0.05, 0.1) is 5.56 Å². The molecule has 0 amide bonds. The van der Waals surface area contributed by atoms with Crippen molar-refractivity contribution in [1.29, 1.82) is 5.26 Å². The third-order valence-electron chi connectivity index (χ3n) is 3.25. The van der Waals surface area contributed by atoms with Crippen molar-refractivity contribution >= 4 is 17.3 Å².